The molecule has 0 saturated heterocycles. The summed E-state index contributed by atoms with van der Waals surface area (Å²) in [6.07, 6.45) is 1.52. The van der Waals surface area contributed by atoms with Gasteiger partial charge in [0, 0.05) is 10.6 Å². The molecule has 2 amide bonds. The molecule has 8 heteroatoms. The number of hydrazone groups is 1. The van der Waals surface area contributed by atoms with Crippen LogP contribution in [0.25, 0.3) is 10.8 Å². The van der Waals surface area contributed by atoms with Gasteiger partial charge in [-0.05, 0) is 70.9 Å². The minimum atomic E-state index is -0.369. The second kappa shape index (κ2) is 10.8. The Labute approximate surface area is 206 Å². The predicted molar refractivity (Wildman–Crippen MR) is 136 cm³/mol. The molecule has 4 aromatic rings. The first kappa shape index (κ1) is 23.3. The van der Waals surface area contributed by atoms with Gasteiger partial charge >= 0.3 is 0 Å². The van der Waals surface area contributed by atoms with Gasteiger partial charge in [-0.1, -0.05) is 53.5 Å². The number of carbonyl (C=O) groups is 2. The molecule has 0 fully saturated rings. The predicted octanol–water partition coefficient (Wildman–Crippen LogP) is 5.93. The van der Waals surface area contributed by atoms with Crippen molar-refractivity contribution in [2.24, 2.45) is 5.10 Å². The van der Waals surface area contributed by atoms with Crippen molar-refractivity contribution in [2.45, 2.75) is 0 Å². The number of carbonyl (C=O) groups excluding carboxylic acids is 2. The molecule has 0 aliphatic heterocycles. The van der Waals surface area contributed by atoms with Crippen molar-refractivity contribution in [3.8, 4) is 5.75 Å². The van der Waals surface area contributed by atoms with Crippen LogP contribution in [0.5, 0.6) is 5.75 Å². The lowest BCUT2D eigenvalue weighted by molar-refractivity contribution is -0.118. The van der Waals surface area contributed by atoms with E-state index in [1.165, 1.54) is 6.21 Å². The molecule has 4 aromatic carbocycles. The van der Waals surface area contributed by atoms with Crippen LogP contribution in [0.15, 0.2) is 90.0 Å². The van der Waals surface area contributed by atoms with Crippen LogP contribution >= 0.6 is 23.2 Å². The van der Waals surface area contributed by atoms with Crippen molar-refractivity contribution in [3.63, 3.8) is 0 Å². The molecule has 6 nitrogen and oxygen atoms in total. The van der Waals surface area contributed by atoms with Crippen molar-refractivity contribution in [1.29, 1.82) is 0 Å². The number of benzene rings is 4. The molecule has 0 heterocycles. The van der Waals surface area contributed by atoms with Gasteiger partial charge in [0.2, 0.25) is 0 Å². The normalized spacial score (nSPS) is 10.9. The Hall–Kier alpha value is -3.87. The van der Waals surface area contributed by atoms with E-state index in [1.54, 1.807) is 48.5 Å². The first-order valence-electron chi connectivity index (χ1n) is 10.3. The second-order valence-corrected chi connectivity index (χ2v) is 8.13. The Bertz CT molecular complexity index is 1370. The topological polar surface area (TPSA) is 79.8 Å². The fourth-order valence-corrected chi connectivity index (χ4v) is 3.48. The Morgan fingerprint density at radius 3 is 2.44 bits per heavy atom. The number of ether oxygens (including phenoxy) is 1. The third-order valence-electron chi connectivity index (χ3n) is 4.84. The summed E-state index contributed by atoms with van der Waals surface area (Å²) in [5.74, 6) is -0.163. The molecular formula is C26H19Cl2N3O3. The van der Waals surface area contributed by atoms with Gasteiger partial charge in [-0.3, -0.25) is 9.59 Å². The summed E-state index contributed by atoms with van der Waals surface area (Å²) in [7, 11) is 0. The molecule has 2 N–H and O–H groups in total. The number of nitrogens with zero attached hydrogens (tertiary/aromatic N) is 1. The van der Waals surface area contributed by atoms with Gasteiger partial charge in [0.1, 0.15) is 5.75 Å². The second-order valence-electron chi connectivity index (χ2n) is 7.29. The van der Waals surface area contributed by atoms with E-state index in [0.717, 1.165) is 16.3 Å². The third-order valence-corrected chi connectivity index (χ3v) is 5.41. The van der Waals surface area contributed by atoms with E-state index < -0.39 is 0 Å². The third kappa shape index (κ3) is 6.13. The highest BCUT2D eigenvalue weighted by atomic mass is 35.5. The van der Waals surface area contributed by atoms with Crippen molar-refractivity contribution in [2.75, 3.05) is 11.9 Å². The van der Waals surface area contributed by atoms with Gasteiger partial charge in [0.05, 0.1) is 16.9 Å². The zero-order chi connectivity index (χ0) is 23.9. The van der Waals surface area contributed by atoms with E-state index >= 15 is 0 Å². The van der Waals surface area contributed by atoms with Gasteiger partial charge in [-0.2, -0.15) is 5.10 Å². The van der Waals surface area contributed by atoms with E-state index in [-0.39, 0.29) is 18.4 Å². The highest BCUT2D eigenvalue weighted by molar-refractivity contribution is 6.35. The van der Waals surface area contributed by atoms with E-state index in [0.29, 0.717) is 27.0 Å². The zero-order valence-electron chi connectivity index (χ0n) is 17.8. The maximum atomic E-state index is 12.4. The van der Waals surface area contributed by atoms with Crippen LogP contribution in [0.4, 0.5) is 5.69 Å². The molecule has 4 rings (SSSR count). The molecule has 0 bridgehead atoms. The van der Waals surface area contributed by atoms with Crippen LogP contribution in [-0.2, 0) is 4.79 Å². The van der Waals surface area contributed by atoms with Gasteiger partial charge in [-0.25, -0.2) is 5.43 Å². The maximum Gasteiger partial charge on any atom is 0.271 e. The quantitative estimate of drug-likeness (QED) is 0.248. The number of anilines is 1. The minimum Gasteiger partial charge on any atom is -0.484 e. The summed E-state index contributed by atoms with van der Waals surface area (Å²) in [5.41, 5.74) is 4.22. The van der Waals surface area contributed by atoms with E-state index in [1.807, 2.05) is 36.4 Å². The fraction of sp³-hybridized carbons (Fsp3) is 0.0385. The van der Waals surface area contributed by atoms with Crippen LogP contribution in [0.1, 0.15) is 15.9 Å². The molecule has 0 unspecified atom stereocenters. The average Bonchev–Trinajstić information content (AvgIpc) is 2.85. The molecule has 0 aliphatic rings. The Morgan fingerprint density at radius 2 is 1.65 bits per heavy atom. The summed E-state index contributed by atoms with van der Waals surface area (Å²) >= 11 is 12.0. The van der Waals surface area contributed by atoms with Gasteiger partial charge in [0.25, 0.3) is 11.8 Å². The Balaban J connectivity index is 1.27. The monoisotopic (exact) mass is 491 g/mol. The van der Waals surface area contributed by atoms with E-state index in [9.17, 15) is 9.59 Å². The van der Waals surface area contributed by atoms with Crippen molar-refractivity contribution < 1.29 is 14.3 Å². The van der Waals surface area contributed by atoms with Gasteiger partial charge in [-0.15, -0.1) is 0 Å². The number of rotatable bonds is 7. The molecule has 0 aromatic heterocycles. The van der Waals surface area contributed by atoms with Gasteiger partial charge < -0.3 is 10.1 Å². The zero-order valence-corrected chi connectivity index (χ0v) is 19.3. The minimum absolute atomic E-state index is 0.196. The van der Waals surface area contributed by atoms with Crippen LogP contribution in [0.2, 0.25) is 10.0 Å². The fourth-order valence-electron chi connectivity index (χ4n) is 3.14. The van der Waals surface area contributed by atoms with Crippen LogP contribution in [0.3, 0.4) is 0 Å². The number of halogens is 2. The lowest BCUT2D eigenvalue weighted by Crippen LogP contribution is -2.20. The standard InChI is InChI=1S/C26H19Cl2N3O3/c27-21-9-12-23(28)24(14-21)30-25(32)16-34-22-10-5-17(6-11-22)15-29-31-26(33)20-8-7-18-3-1-2-4-19(18)13-20/h1-15H,16H2,(H,30,32)(H,31,33)/b29-15-. The summed E-state index contributed by atoms with van der Waals surface area (Å²) in [5, 5.41) is 9.56. The van der Waals surface area contributed by atoms with Crippen LogP contribution in [0, 0.1) is 0 Å². The summed E-state index contributed by atoms with van der Waals surface area (Å²) in [6, 6.07) is 25.0. The summed E-state index contributed by atoms with van der Waals surface area (Å²) in [6.45, 7) is -0.196. The molecule has 0 spiro atoms. The molecular weight excluding hydrogens is 473 g/mol. The van der Waals surface area contributed by atoms with Crippen LogP contribution < -0.4 is 15.5 Å². The Kier molecular flexibility index (Phi) is 7.42. The van der Waals surface area contributed by atoms with Crippen molar-refractivity contribution >= 4 is 57.7 Å². The number of fused-ring (bicyclic) bond motifs is 1. The van der Waals surface area contributed by atoms with E-state index in [2.05, 4.69) is 15.8 Å². The Morgan fingerprint density at radius 1 is 0.882 bits per heavy atom. The SMILES string of the molecule is O=C(COc1ccc(/C=N\NC(=O)c2ccc3ccccc3c2)cc1)Nc1cc(Cl)ccc1Cl. The number of hydrogen-bond donors (Lipinski definition) is 2. The van der Waals surface area contributed by atoms with Gasteiger partial charge in [0.15, 0.2) is 6.61 Å². The highest BCUT2D eigenvalue weighted by Crippen LogP contribution is 2.25. The first-order chi connectivity index (χ1) is 16.5. The summed E-state index contributed by atoms with van der Waals surface area (Å²) < 4.78 is 5.50. The molecule has 0 radical (unpaired) electrons. The highest BCUT2D eigenvalue weighted by Gasteiger charge is 2.08. The lowest BCUT2D eigenvalue weighted by Gasteiger charge is -2.09. The van der Waals surface area contributed by atoms with Crippen molar-refractivity contribution in [1.82, 2.24) is 5.43 Å². The number of hydrogen-bond acceptors (Lipinski definition) is 4. The first-order valence-corrected chi connectivity index (χ1v) is 11.0. The van der Waals surface area contributed by atoms with Crippen molar-refractivity contribution in [3.05, 3.63) is 106 Å². The van der Waals surface area contributed by atoms with E-state index in [4.69, 9.17) is 27.9 Å². The number of nitrogens with one attached hydrogen (secondary N) is 2. The maximum absolute atomic E-state index is 12.4. The molecule has 0 saturated carbocycles. The molecule has 0 atom stereocenters. The molecule has 0 aliphatic carbocycles. The molecule has 170 valence electrons. The molecule has 34 heavy (non-hydrogen) atoms. The van der Waals surface area contributed by atoms with Crippen LogP contribution in [-0.4, -0.2) is 24.6 Å². The largest absolute Gasteiger partial charge is 0.484 e. The lowest BCUT2D eigenvalue weighted by atomic mass is 10.1. The average molecular weight is 492 g/mol. The smallest absolute Gasteiger partial charge is 0.271 e. The summed E-state index contributed by atoms with van der Waals surface area (Å²) in [4.78, 5) is 24.5. The number of amides is 2.